The van der Waals surface area contributed by atoms with Gasteiger partial charge in [0.15, 0.2) is 0 Å². The highest BCUT2D eigenvalue weighted by Crippen LogP contribution is 2.35. The van der Waals surface area contributed by atoms with Gasteiger partial charge in [0.05, 0.1) is 17.8 Å². The number of amides is 1. The summed E-state index contributed by atoms with van der Waals surface area (Å²) in [7, 11) is 1.83. The average molecular weight is 275 g/mol. The van der Waals surface area contributed by atoms with E-state index in [9.17, 15) is 4.79 Å². The van der Waals surface area contributed by atoms with E-state index in [-0.39, 0.29) is 11.9 Å². The molecular formula is C14H17N3OS. The third-order valence-electron chi connectivity index (χ3n) is 3.69. The van der Waals surface area contributed by atoms with E-state index in [2.05, 4.69) is 23.5 Å². The molecule has 2 aromatic rings. The van der Waals surface area contributed by atoms with E-state index < -0.39 is 0 Å². The molecule has 0 saturated heterocycles. The summed E-state index contributed by atoms with van der Waals surface area (Å²) in [5.74, 6) is 0.0943. The molecule has 5 heteroatoms. The zero-order chi connectivity index (χ0) is 13.4. The summed E-state index contributed by atoms with van der Waals surface area (Å²) < 4.78 is 1.67. The normalized spacial score (nSPS) is 18.4. The van der Waals surface area contributed by atoms with Gasteiger partial charge in [0, 0.05) is 24.7 Å². The minimum atomic E-state index is 0.0943. The number of aryl methyl sites for hydroxylation is 1. The van der Waals surface area contributed by atoms with Crippen LogP contribution in [0.3, 0.4) is 0 Å². The van der Waals surface area contributed by atoms with Crippen LogP contribution in [0.5, 0.6) is 0 Å². The number of hydrogen-bond acceptors (Lipinski definition) is 3. The lowest BCUT2D eigenvalue weighted by Gasteiger charge is -2.35. The third-order valence-corrected chi connectivity index (χ3v) is 4.69. The van der Waals surface area contributed by atoms with Crippen LogP contribution in [0.25, 0.3) is 0 Å². The quantitative estimate of drug-likeness (QED) is 0.845. The molecule has 1 aliphatic rings. The molecule has 2 aromatic heterocycles. The first kappa shape index (κ1) is 12.4. The van der Waals surface area contributed by atoms with Crippen LogP contribution < -0.4 is 0 Å². The highest BCUT2D eigenvalue weighted by molar-refractivity contribution is 7.10. The largest absolute Gasteiger partial charge is 0.331 e. The second kappa shape index (κ2) is 4.81. The number of fused-ring (bicyclic) bond motifs is 1. The average Bonchev–Trinajstić information content (AvgIpc) is 3.04. The fraction of sp³-hybridized carbons (Fsp3) is 0.429. The van der Waals surface area contributed by atoms with Crippen LogP contribution in [0, 0.1) is 0 Å². The van der Waals surface area contributed by atoms with Crippen LogP contribution in [-0.2, 0) is 13.5 Å². The van der Waals surface area contributed by atoms with Crippen molar-refractivity contribution >= 4 is 17.2 Å². The summed E-state index contributed by atoms with van der Waals surface area (Å²) in [4.78, 5) is 16.0. The minimum absolute atomic E-state index is 0.0943. The number of hydrogen-bond donors (Lipinski definition) is 0. The Morgan fingerprint density at radius 1 is 1.58 bits per heavy atom. The van der Waals surface area contributed by atoms with Crippen LogP contribution in [-0.4, -0.2) is 27.1 Å². The highest BCUT2D eigenvalue weighted by atomic mass is 32.1. The van der Waals surface area contributed by atoms with Crippen LogP contribution in [0.2, 0.25) is 0 Å². The molecule has 19 heavy (non-hydrogen) atoms. The van der Waals surface area contributed by atoms with Gasteiger partial charge in [-0.1, -0.05) is 6.92 Å². The first-order chi connectivity index (χ1) is 9.20. The Balaban J connectivity index is 1.91. The molecule has 0 aromatic carbocycles. The number of rotatable bonds is 2. The Hall–Kier alpha value is -1.62. The van der Waals surface area contributed by atoms with E-state index in [1.54, 1.807) is 28.4 Å². The predicted octanol–water partition coefficient (Wildman–Crippen LogP) is 2.63. The molecule has 1 amide bonds. The topological polar surface area (TPSA) is 38.1 Å². The van der Waals surface area contributed by atoms with Gasteiger partial charge in [-0.15, -0.1) is 11.3 Å². The number of carbonyl (C=O) groups is 1. The molecule has 0 radical (unpaired) electrons. The Morgan fingerprint density at radius 2 is 2.42 bits per heavy atom. The molecule has 1 aliphatic heterocycles. The van der Waals surface area contributed by atoms with Gasteiger partial charge < -0.3 is 4.90 Å². The summed E-state index contributed by atoms with van der Waals surface area (Å²) >= 11 is 1.80. The third kappa shape index (κ3) is 2.08. The Morgan fingerprint density at radius 3 is 3.11 bits per heavy atom. The highest BCUT2D eigenvalue weighted by Gasteiger charge is 2.31. The fourth-order valence-electron chi connectivity index (χ4n) is 2.78. The molecule has 0 spiro atoms. The van der Waals surface area contributed by atoms with Crippen LogP contribution >= 0.6 is 11.3 Å². The lowest BCUT2D eigenvalue weighted by molar-refractivity contribution is 0.0657. The molecule has 100 valence electrons. The number of nitrogens with zero attached hydrogens (tertiary/aromatic N) is 3. The Bertz CT molecular complexity index is 601. The first-order valence-corrected chi connectivity index (χ1v) is 7.44. The summed E-state index contributed by atoms with van der Waals surface area (Å²) in [6, 6.07) is 2.37. The van der Waals surface area contributed by atoms with Crippen molar-refractivity contribution < 1.29 is 4.79 Å². The van der Waals surface area contributed by atoms with Crippen LogP contribution in [0.4, 0.5) is 0 Å². The summed E-state index contributed by atoms with van der Waals surface area (Å²) in [6.07, 6.45) is 5.36. The van der Waals surface area contributed by atoms with Gasteiger partial charge in [-0.05, 0) is 29.9 Å². The van der Waals surface area contributed by atoms with E-state index in [1.165, 1.54) is 10.4 Å². The number of aromatic nitrogens is 2. The second-order valence-corrected chi connectivity index (χ2v) is 5.88. The van der Waals surface area contributed by atoms with Gasteiger partial charge in [0.1, 0.15) is 0 Å². The molecule has 0 bridgehead atoms. The minimum Gasteiger partial charge on any atom is -0.331 e. The summed E-state index contributed by atoms with van der Waals surface area (Å²) in [6.45, 7) is 2.95. The van der Waals surface area contributed by atoms with E-state index in [0.29, 0.717) is 5.56 Å². The molecule has 1 atom stereocenters. The van der Waals surface area contributed by atoms with Crippen LogP contribution in [0.1, 0.15) is 40.2 Å². The second-order valence-electron chi connectivity index (χ2n) is 4.87. The van der Waals surface area contributed by atoms with Crippen molar-refractivity contribution in [1.29, 1.82) is 0 Å². The smallest absolute Gasteiger partial charge is 0.257 e. The van der Waals surface area contributed by atoms with Gasteiger partial charge in [-0.3, -0.25) is 9.48 Å². The lowest BCUT2D eigenvalue weighted by Crippen LogP contribution is -2.39. The van der Waals surface area contributed by atoms with E-state index in [4.69, 9.17) is 0 Å². The van der Waals surface area contributed by atoms with Gasteiger partial charge >= 0.3 is 0 Å². The molecule has 1 unspecified atom stereocenters. The first-order valence-electron chi connectivity index (χ1n) is 6.56. The van der Waals surface area contributed by atoms with Crippen molar-refractivity contribution in [3.63, 3.8) is 0 Å². The molecular weight excluding hydrogens is 258 g/mol. The van der Waals surface area contributed by atoms with Gasteiger partial charge in [-0.2, -0.15) is 5.10 Å². The van der Waals surface area contributed by atoms with Crippen molar-refractivity contribution in [1.82, 2.24) is 14.7 Å². The van der Waals surface area contributed by atoms with Crippen molar-refractivity contribution in [2.45, 2.75) is 25.8 Å². The lowest BCUT2D eigenvalue weighted by atomic mass is 9.97. The van der Waals surface area contributed by atoms with E-state index >= 15 is 0 Å². The van der Waals surface area contributed by atoms with E-state index in [1.807, 2.05) is 11.9 Å². The predicted molar refractivity (Wildman–Crippen MR) is 75.3 cm³/mol. The molecule has 3 rings (SSSR count). The maximum atomic E-state index is 12.6. The molecule has 0 fully saturated rings. The summed E-state index contributed by atoms with van der Waals surface area (Å²) in [5.41, 5.74) is 2.01. The molecule has 0 saturated carbocycles. The van der Waals surface area contributed by atoms with Crippen molar-refractivity contribution in [3.05, 3.63) is 39.8 Å². The Kier molecular flexibility index (Phi) is 3.14. The standard InChI is InChI=1S/C14H17N3OS/c1-3-12-11-5-7-19-13(11)4-6-17(12)14(18)10-8-15-16(2)9-10/h5,7-9,12H,3-4,6H2,1-2H3. The maximum absolute atomic E-state index is 12.6. The fourth-order valence-corrected chi connectivity index (χ4v) is 3.71. The monoisotopic (exact) mass is 275 g/mol. The van der Waals surface area contributed by atoms with Gasteiger partial charge in [0.2, 0.25) is 0 Å². The zero-order valence-corrected chi connectivity index (χ0v) is 12.0. The van der Waals surface area contributed by atoms with Gasteiger partial charge in [0.25, 0.3) is 5.91 Å². The number of thiophene rings is 1. The summed E-state index contributed by atoms with van der Waals surface area (Å²) in [5, 5.41) is 6.22. The zero-order valence-electron chi connectivity index (χ0n) is 11.2. The van der Waals surface area contributed by atoms with E-state index in [0.717, 1.165) is 19.4 Å². The van der Waals surface area contributed by atoms with Crippen LogP contribution in [0.15, 0.2) is 23.8 Å². The molecule has 3 heterocycles. The number of carbonyl (C=O) groups excluding carboxylic acids is 1. The Labute approximate surface area is 116 Å². The maximum Gasteiger partial charge on any atom is 0.257 e. The van der Waals surface area contributed by atoms with Crippen molar-refractivity contribution in [3.8, 4) is 0 Å². The van der Waals surface area contributed by atoms with Crippen molar-refractivity contribution in [2.75, 3.05) is 6.54 Å². The molecule has 0 aliphatic carbocycles. The molecule has 4 nitrogen and oxygen atoms in total. The SMILES string of the molecule is CCC1c2ccsc2CCN1C(=O)c1cnn(C)c1. The van der Waals surface area contributed by atoms with Gasteiger partial charge in [-0.25, -0.2) is 0 Å². The molecule has 0 N–H and O–H groups in total. The van der Waals surface area contributed by atoms with Crippen molar-refractivity contribution in [2.24, 2.45) is 7.05 Å².